The average Bonchev–Trinajstić information content (AvgIpc) is 3.16. The van der Waals surface area contributed by atoms with Crippen molar-refractivity contribution in [1.82, 2.24) is 10.4 Å². The molecule has 9 heteroatoms. The highest BCUT2D eigenvalue weighted by Crippen LogP contribution is 2.29. The number of carbonyl (C=O) groups is 4. The van der Waals surface area contributed by atoms with Gasteiger partial charge in [0.2, 0.25) is 11.8 Å². The smallest absolute Gasteiger partial charge is 0.273 e. The highest BCUT2D eigenvalue weighted by Gasteiger charge is 2.44. The monoisotopic (exact) mass is 473 g/mol. The van der Waals surface area contributed by atoms with E-state index in [1.165, 1.54) is 20.1 Å². The summed E-state index contributed by atoms with van der Waals surface area (Å²) in [6, 6.07) is 20.9. The first-order chi connectivity index (χ1) is 16.9. The van der Waals surface area contributed by atoms with Crippen molar-refractivity contribution in [2.24, 2.45) is 0 Å². The second-order valence-electron chi connectivity index (χ2n) is 7.73. The summed E-state index contributed by atoms with van der Waals surface area (Å²) in [5.41, 5.74) is 2.97. The van der Waals surface area contributed by atoms with E-state index in [1.54, 1.807) is 42.5 Å². The van der Waals surface area contributed by atoms with Gasteiger partial charge in [-0.2, -0.15) is 0 Å². The van der Waals surface area contributed by atoms with E-state index < -0.39 is 29.7 Å². The van der Waals surface area contributed by atoms with E-state index in [0.29, 0.717) is 22.9 Å². The number of rotatable bonds is 6. The number of hydrogen-bond donors (Lipinski definition) is 1. The molecular formula is C26H23N3O6. The van der Waals surface area contributed by atoms with E-state index in [9.17, 15) is 19.2 Å². The second kappa shape index (κ2) is 10.1. The third-order valence-electron chi connectivity index (χ3n) is 5.42. The van der Waals surface area contributed by atoms with Crippen molar-refractivity contribution in [2.45, 2.75) is 19.4 Å². The van der Waals surface area contributed by atoms with Crippen LogP contribution >= 0.6 is 0 Å². The molecule has 3 aromatic rings. The van der Waals surface area contributed by atoms with E-state index in [2.05, 4.69) is 5.43 Å². The quantitative estimate of drug-likeness (QED) is 0.435. The van der Waals surface area contributed by atoms with Gasteiger partial charge < -0.3 is 9.47 Å². The number of para-hydroxylation sites is 2. The van der Waals surface area contributed by atoms with Crippen molar-refractivity contribution >= 4 is 29.3 Å². The van der Waals surface area contributed by atoms with Gasteiger partial charge in [-0.3, -0.25) is 24.6 Å². The SMILES string of the molecule is COc1ccccc1C(=O)NN(C(C)=O)C1CC(=O)N(c2ccc(Oc3ccccc3)cc2)C1=O. The molecule has 1 aliphatic rings. The molecule has 0 bridgehead atoms. The minimum atomic E-state index is -1.18. The Hall–Kier alpha value is -4.66. The predicted molar refractivity (Wildman–Crippen MR) is 127 cm³/mol. The first-order valence-electron chi connectivity index (χ1n) is 10.8. The fourth-order valence-electron chi connectivity index (χ4n) is 3.75. The van der Waals surface area contributed by atoms with Crippen molar-refractivity contribution in [2.75, 3.05) is 12.0 Å². The van der Waals surface area contributed by atoms with Crippen LogP contribution in [0.25, 0.3) is 0 Å². The van der Waals surface area contributed by atoms with Gasteiger partial charge in [-0.15, -0.1) is 0 Å². The van der Waals surface area contributed by atoms with E-state index in [4.69, 9.17) is 9.47 Å². The van der Waals surface area contributed by atoms with Gasteiger partial charge in [0.15, 0.2) is 0 Å². The predicted octanol–water partition coefficient (Wildman–Crippen LogP) is 3.31. The van der Waals surface area contributed by atoms with Crippen LogP contribution in [0.15, 0.2) is 78.9 Å². The van der Waals surface area contributed by atoms with Crippen LogP contribution in [0.5, 0.6) is 17.2 Å². The second-order valence-corrected chi connectivity index (χ2v) is 7.73. The number of imide groups is 1. The van der Waals surface area contributed by atoms with Gasteiger partial charge >= 0.3 is 0 Å². The molecule has 1 N–H and O–H groups in total. The standard InChI is InChI=1S/C26H23N3O6/c1-17(30)29(27-25(32)21-10-6-7-11-23(21)34-2)22-16-24(31)28(26(22)33)18-12-14-20(15-13-18)35-19-8-4-3-5-9-19/h3-15,22H,16H2,1-2H3,(H,27,32). The lowest BCUT2D eigenvalue weighted by Crippen LogP contribution is -2.54. The Bertz CT molecular complexity index is 1260. The number of methoxy groups -OCH3 is 1. The zero-order valence-electron chi connectivity index (χ0n) is 19.1. The first-order valence-corrected chi connectivity index (χ1v) is 10.8. The lowest BCUT2D eigenvalue weighted by molar-refractivity contribution is -0.139. The van der Waals surface area contributed by atoms with Crippen LogP contribution in [0.4, 0.5) is 5.69 Å². The van der Waals surface area contributed by atoms with Crippen molar-refractivity contribution in [3.8, 4) is 17.2 Å². The molecule has 0 radical (unpaired) electrons. The van der Waals surface area contributed by atoms with Crippen LogP contribution in [0.1, 0.15) is 23.7 Å². The van der Waals surface area contributed by atoms with E-state index in [0.717, 1.165) is 9.91 Å². The fraction of sp³-hybridized carbons (Fsp3) is 0.154. The number of hydrazine groups is 1. The average molecular weight is 473 g/mol. The number of benzene rings is 3. The molecule has 4 amide bonds. The van der Waals surface area contributed by atoms with Crippen LogP contribution in [-0.2, 0) is 14.4 Å². The molecule has 1 saturated heterocycles. The normalized spacial score (nSPS) is 15.0. The Morgan fingerprint density at radius 3 is 2.20 bits per heavy atom. The molecule has 178 valence electrons. The van der Waals surface area contributed by atoms with Crippen LogP contribution in [0.3, 0.4) is 0 Å². The van der Waals surface area contributed by atoms with Crippen LogP contribution in [0.2, 0.25) is 0 Å². The van der Waals surface area contributed by atoms with Gasteiger partial charge in [0, 0.05) is 6.92 Å². The molecule has 1 unspecified atom stereocenters. The summed E-state index contributed by atoms with van der Waals surface area (Å²) in [4.78, 5) is 52.1. The van der Waals surface area contributed by atoms with E-state index >= 15 is 0 Å². The molecule has 0 aliphatic carbocycles. The van der Waals surface area contributed by atoms with Gasteiger partial charge in [0.25, 0.3) is 11.8 Å². The minimum Gasteiger partial charge on any atom is -0.496 e. The molecule has 0 saturated carbocycles. The summed E-state index contributed by atoms with van der Waals surface area (Å²) >= 11 is 0. The fourth-order valence-corrected chi connectivity index (χ4v) is 3.75. The summed E-state index contributed by atoms with van der Waals surface area (Å²) < 4.78 is 10.9. The zero-order chi connectivity index (χ0) is 24.9. The molecule has 3 aromatic carbocycles. The molecule has 1 fully saturated rings. The molecule has 4 rings (SSSR count). The van der Waals surface area contributed by atoms with Crippen molar-refractivity contribution in [3.05, 3.63) is 84.4 Å². The number of ether oxygens (including phenoxy) is 2. The molecule has 0 aromatic heterocycles. The van der Waals surface area contributed by atoms with Crippen LogP contribution in [-0.4, -0.2) is 41.8 Å². The number of hydrogen-bond acceptors (Lipinski definition) is 6. The van der Waals surface area contributed by atoms with E-state index in [-0.39, 0.29) is 12.0 Å². The summed E-state index contributed by atoms with van der Waals surface area (Å²) in [7, 11) is 1.42. The van der Waals surface area contributed by atoms with Crippen LogP contribution < -0.4 is 19.8 Å². The number of anilines is 1. The molecule has 1 atom stereocenters. The third-order valence-corrected chi connectivity index (χ3v) is 5.42. The van der Waals surface area contributed by atoms with Gasteiger partial charge in [-0.05, 0) is 48.5 Å². The molecule has 35 heavy (non-hydrogen) atoms. The highest BCUT2D eigenvalue weighted by molar-refractivity contribution is 6.23. The number of nitrogens with one attached hydrogen (secondary N) is 1. The molecular weight excluding hydrogens is 450 g/mol. The number of carbonyl (C=O) groups excluding carboxylic acids is 4. The van der Waals surface area contributed by atoms with Crippen molar-refractivity contribution in [1.29, 1.82) is 0 Å². The van der Waals surface area contributed by atoms with Gasteiger partial charge in [0.05, 0.1) is 24.8 Å². The van der Waals surface area contributed by atoms with Gasteiger partial charge in [0.1, 0.15) is 23.3 Å². The Morgan fingerprint density at radius 2 is 1.54 bits per heavy atom. The Balaban J connectivity index is 1.51. The Labute approximate surface area is 201 Å². The third kappa shape index (κ3) is 4.98. The maximum atomic E-state index is 13.2. The lowest BCUT2D eigenvalue weighted by Gasteiger charge is -2.27. The summed E-state index contributed by atoms with van der Waals surface area (Å²) in [6.07, 6.45) is -0.271. The molecule has 1 aliphatic heterocycles. The maximum absolute atomic E-state index is 13.2. The first kappa shape index (κ1) is 23.5. The topological polar surface area (TPSA) is 105 Å². The highest BCUT2D eigenvalue weighted by atomic mass is 16.5. The number of amides is 4. The minimum absolute atomic E-state index is 0.184. The molecule has 1 heterocycles. The molecule has 9 nitrogen and oxygen atoms in total. The largest absolute Gasteiger partial charge is 0.496 e. The van der Waals surface area contributed by atoms with Gasteiger partial charge in [-0.25, -0.2) is 9.91 Å². The van der Waals surface area contributed by atoms with E-state index in [1.807, 2.05) is 30.3 Å². The summed E-state index contributed by atoms with van der Waals surface area (Å²) in [5.74, 6) is -0.855. The summed E-state index contributed by atoms with van der Waals surface area (Å²) in [6.45, 7) is 1.21. The zero-order valence-corrected chi connectivity index (χ0v) is 19.1. The summed E-state index contributed by atoms with van der Waals surface area (Å²) in [5, 5.41) is 0.891. The lowest BCUT2D eigenvalue weighted by atomic mass is 10.2. The van der Waals surface area contributed by atoms with Crippen LogP contribution in [0, 0.1) is 0 Å². The number of nitrogens with zero attached hydrogens (tertiary/aromatic N) is 2. The maximum Gasteiger partial charge on any atom is 0.273 e. The molecule has 0 spiro atoms. The van der Waals surface area contributed by atoms with Crippen molar-refractivity contribution in [3.63, 3.8) is 0 Å². The van der Waals surface area contributed by atoms with Crippen molar-refractivity contribution < 1.29 is 28.7 Å². The Morgan fingerprint density at radius 1 is 0.914 bits per heavy atom. The van der Waals surface area contributed by atoms with Gasteiger partial charge in [-0.1, -0.05) is 30.3 Å². The Kier molecular flexibility index (Phi) is 6.77.